The van der Waals surface area contributed by atoms with Gasteiger partial charge in [-0.25, -0.2) is 4.98 Å². The molecule has 1 aliphatic heterocycles. The van der Waals surface area contributed by atoms with Crippen molar-refractivity contribution in [1.29, 1.82) is 5.26 Å². The maximum atomic E-state index is 9.28. The molecule has 2 aliphatic rings. The van der Waals surface area contributed by atoms with E-state index in [2.05, 4.69) is 11.1 Å². The molecule has 0 atom stereocenters. The van der Waals surface area contributed by atoms with Crippen molar-refractivity contribution in [2.45, 2.75) is 25.4 Å². The molecule has 16 heavy (non-hydrogen) atoms. The van der Waals surface area contributed by atoms with Crippen LogP contribution in [0.15, 0.2) is 6.07 Å². The fourth-order valence-corrected chi connectivity index (χ4v) is 2.41. The van der Waals surface area contributed by atoms with Crippen LogP contribution in [-0.2, 0) is 12.8 Å². The van der Waals surface area contributed by atoms with Crippen molar-refractivity contribution in [1.82, 2.24) is 4.98 Å². The molecule has 0 unspecified atom stereocenters. The molecular weight excluding hydrogens is 202 g/mol. The predicted molar refractivity (Wildman–Crippen MR) is 59.2 cm³/mol. The molecule has 1 aromatic heterocycles. The van der Waals surface area contributed by atoms with E-state index in [1.807, 2.05) is 11.0 Å². The summed E-state index contributed by atoms with van der Waals surface area (Å²) in [7, 11) is 0. The van der Waals surface area contributed by atoms with Gasteiger partial charge >= 0.3 is 0 Å². The second kappa shape index (κ2) is 3.46. The molecule has 4 nitrogen and oxygen atoms in total. The van der Waals surface area contributed by atoms with Gasteiger partial charge in [0.15, 0.2) is 0 Å². The number of nitrogens with zero attached hydrogens (tertiary/aromatic N) is 3. The molecular formula is C12H13N3O. The zero-order valence-electron chi connectivity index (χ0n) is 8.98. The molecule has 3 rings (SSSR count). The maximum absolute atomic E-state index is 9.28. The Morgan fingerprint density at radius 3 is 2.94 bits per heavy atom. The predicted octanol–water partition coefficient (Wildman–Crippen LogP) is 0.623. The van der Waals surface area contributed by atoms with Gasteiger partial charge in [-0.2, -0.15) is 5.26 Å². The molecule has 0 bridgehead atoms. The molecule has 1 aliphatic carbocycles. The lowest BCUT2D eigenvalue weighted by Crippen LogP contribution is -2.51. The van der Waals surface area contributed by atoms with Crippen LogP contribution in [0.3, 0.4) is 0 Å². The van der Waals surface area contributed by atoms with E-state index >= 15 is 0 Å². The summed E-state index contributed by atoms with van der Waals surface area (Å²) in [4.78, 5) is 6.55. The van der Waals surface area contributed by atoms with Crippen LogP contribution in [0.2, 0.25) is 0 Å². The van der Waals surface area contributed by atoms with E-state index in [-0.39, 0.29) is 6.10 Å². The second-order valence-corrected chi connectivity index (χ2v) is 4.49. The largest absolute Gasteiger partial charge is 0.389 e. The Morgan fingerprint density at radius 2 is 2.25 bits per heavy atom. The van der Waals surface area contributed by atoms with Gasteiger partial charge in [0.1, 0.15) is 11.9 Å². The van der Waals surface area contributed by atoms with Gasteiger partial charge in [-0.3, -0.25) is 0 Å². The van der Waals surface area contributed by atoms with Crippen molar-refractivity contribution in [2.75, 3.05) is 18.0 Å². The Balaban J connectivity index is 2.00. The topological polar surface area (TPSA) is 60.2 Å². The third kappa shape index (κ3) is 1.36. The molecule has 1 aromatic rings. The lowest BCUT2D eigenvalue weighted by atomic mass is 10.1. The first kappa shape index (κ1) is 9.61. The third-order valence-corrected chi connectivity index (χ3v) is 3.31. The number of hydrogen-bond donors (Lipinski definition) is 1. The van der Waals surface area contributed by atoms with Crippen LogP contribution in [0.4, 0.5) is 5.82 Å². The van der Waals surface area contributed by atoms with Crippen molar-refractivity contribution in [3.63, 3.8) is 0 Å². The highest BCUT2D eigenvalue weighted by atomic mass is 16.3. The normalized spacial score (nSPS) is 19.1. The summed E-state index contributed by atoms with van der Waals surface area (Å²) in [6, 6.07) is 4.17. The van der Waals surface area contributed by atoms with Gasteiger partial charge < -0.3 is 10.0 Å². The average molecular weight is 215 g/mol. The molecule has 0 aromatic carbocycles. The quantitative estimate of drug-likeness (QED) is 0.746. The van der Waals surface area contributed by atoms with Crippen molar-refractivity contribution in [3.8, 4) is 6.07 Å². The highest BCUT2D eigenvalue weighted by Crippen LogP contribution is 2.29. The SMILES string of the molecule is N#Cc1cc2c(nc1N1CC(O)C1)CCC2. The smallest absolute Gasteiger partial charge is 0.147 e. The number of aliphatic hydroxyl groups excluding tert-OH is 1. The number of β-amino-alcohol motifs (C(OH)–C–C–N with tert-alkyl or cyclic N) is 1. The number of fused-ring (bicyclic) bond motifs is 1. The van der Waals surface area contributed by atoms with Gasteiger partial charge in [-0.15, -0.1) is 0 Å². The number of nitriles is 1. The highest BCUT2D eigenvalue weighted by Gasteiger charge is 2.29. The van der Waals surface area contributed by atoms with E-state index in [1.54, 1.807) is 0 Å². The molecule has 1 saturated heterocycles. The molecule has 2 heterocycles. The molecule has 0 amide bonds. The standard InChI is InChI=1S/C12H13N3O/c13-5-9-4-8-2-1-3-11(8)14-12(9)15-6-10(16)7-15/h4,10,16H,1-3,6-7H2. The molecule has 0 saturated carbocycles. The Morgan fingerprint density at radius 1 is 1.44 bits per heavy atom. The van der Waals surface area contributed by atoms with Crippen LogP contribution in [0, 0.1) is 11.3 Å². The lowest BCUT2D eigenvalue weighted by molar-refractivity contribution is 0.141. The number of anilines is 1. The molecule has 1 N–H and O–H groups in total. The zero-order valence-corrected chi connectivity index (χ0v) is 8.98. The molecule has 0 radical (unpaired) electrons. The average Bonchev–Trinajstić information content (AvgIpc) is 2.69. The minimum atomic E-state index is -0.262. The van der Waals surface area contributed by atoms with E-state index in [4.69, 9.17) is 5.26 Å². The summed E-state index contributed by atoms with van der Waals surface area (Å²) >= 11 is 0. The first-order valence-corrected chi connectivity index (χ1v) is 5.64. The van der Waals surface area contributed by atoms with E-state index in [9.17, 15) is 5.11 Å². The maximum Gasteiger partial charge on any atom is 0.147 e. The van der Waals surface area contributed by atoms with Crippen LogP contribution in [0.25, 0.3) is 0 Å². The van der Waals surface area contributed by atoms with Crippen LogP contribution in [-0.4, -0.2) is 29.3 Å². The minimum absolute atomic E-state index is 0.262. The number of rotatable bonds is 1. The lowest BCUT2D eigenvalue weighted by Gasteiger charge is -2.37. The second-order valence-electron chi connectivity index (χ2n) is 4.49. The summed E-state index contributed by atoms with van der Waals surface area (Å²) in [5.41, 5.74) is 3.00. The number of pyridine rings is 1. The Hall–Kier alpha value is -1.60. The summed E-state index contributed by atoms with van der Waals surface area (Å²) < 4.78 is 0. The van der Waals surface area contributed by atoms with Gasteiger partial charge in [-0.05, 0) is 30.9 Å². The summed E-state index contributed by atoms with van der Waals surface area (Å²) in [5, 5.41) is 18.4. The highest BCUT2D eigenvalue weighted by molar-refractivity contribution is 5.58. The molecule has 1 fully saturated rings. The number of hydrogen-bond acceptors (Lipinski definition) is 4. The minimum Gasteiger partial charge on any atom is -0.389 e. The van der Waals surface area contributed by atoms with E-state index in [0.29, 0.717) is 18.7 Å². The zero-order chi connectivity index (χ0) is 11.1. The summed E-state index contributed by atoms with van der Waals surface area (Å²) in [6.07, 6.45) is 2.94. The van der Waals surface area contributed by atoms with Crippen molar-refractivity contribution in [3.05, 3.63) is 22.9 Å². The van der Waals surface area contributed by atoms with E-state index < -0.39 is 0 Å². The van der Waals surface area contributed by atoms with Gasteiger partial charge in [0, 0.05) is 18.8 Å². The van der Waals surface area contributed by atoms with Crippen LogP contribution >= 0.6 is 0 Å². The molecule has 82 valence electrons. The van der Waals surface area contributed by atoms with Gasteiger partial charge in [0.05, 0.1) is 11.7 Å². The van der Waals surface area contributed by atoms with E-state index in [1.165, 1.54) is 5.56 Å². The first-order chi connectivity index (χ1) is 7.78. The number of aromatic nitrogens is 1. The Labute approximate surface area is 94.1 Å². The first-order valence-electron chi connectivity index (χ1n) is 5.64. The fraction of sp³-hybridized carbons (Fsp3) is 0.500. The summed E-state index contributed by atoms with van der Waals surface area (Å²) in [5.74, 6) is 0.758. The van der Waals surface area contributed by atoms with Gasteiger partial charge in [0.25, 0.3) is 0 Å². The van der Waals surface area contributed by atoms with Crippen LogP contribution in [0.1, 0.15) is 23.2 Å². The number of aliphatic hydroxyl groups is 1. The van der Waals surface area contributed by atoms with Crippen molar-refractivity contribution >= 4 is 5.82 Å². The van der Waals surface area contributed by atoms with Gasteiger partial charge in [-0.1, -0.05) is 0 Å². The summed E-state index contributed by atoms with van der Waals surface area (Å²) in [6.45, 7) is 1.20. The van der Waals surface area contributed by atoms with Gasteiger partial charge in [0.2, 0.25) is 0 Å². The third-order valence-electron chi connectivity index (χ3n) is 3.31. The van der Waals surface area contributed by atoms with E-state index in [0.717, 1.165) is 30.8 Å². The molecule has 4 heteroatoms. The Bertz CT molecular complexity index is 472. The van der Waals surface area contributed by atoms with Crippen LogP contribution in [0.5, 0.6) is 0 Å². The van der Waals surface area contributed by atoms with Crippen LogP contribution < -0.4 is 4.90 Å². The van der Waals surface area contributed by atoms with Crippen molar-refractivity contribution < 1.29 is 5.11 Å². The molecule has 0 spiro atoms. The fourth-order valence-electron chi connectivity index (χ4n) is 2.41. The van der Waals surface area contributed by atoms with Crippen molar-refractivity contribution in [2.24, 2.45) is 0 Å². The monoisotopic (exact) mass is 215 g/mol. The number of aryl methyl sites for hydroxylation is 2. The Kier molecular flexibility index (Phi) is 2.08.